The van der Waals surface area contributed by atoms with E-state index in [0.29, 0.717) is 21.5 Å². The van der Waals surface area contributed by atoms with Gasteiger partial charge in [-0.25, -0.2) is 4.98 Å². The van der Waals surface area contributed by atoms with Crippen LogP contribution in [0.2, 0.25) is 10.0 Å². The van der Waals surface area contributed by atoms with Crippen molar-refractivity contribution in [3.8, 4) is 0 Å². The topological polar surface area (TPSA) is 38.1 Å². The summed E-state index contributed by atoms with van der Waals surface area (Å²) in [4.78, 5) is 18.7. The van der Waals surface area contributed by atoms with E-state index in [9.17, 15) is 4.79 Å². The molecular formula is C17H19Cl2N3O. The van der Waals surface area contributed by atoms with E-state index >= 15 is 0 Å². The highest BCUT2D eigenvalue weighted by molar-refractivity contribution is 6.35. The van der Waals surface area contributed by atoms with Crippen molar-refractivity contribution >= 4 is 29.1 Å². The summed E-state index contributed by atoms with van der Waals surface area (Å²) in [5, 5.41) is 0.985. The number of rotatable bonds is 3. The summed E-state index contributed by atoms with van der Waals surface area (Å²) in [7, 11) is 0. The lowest BCUT2D eigenvalue weighted by Gasteiger charge is -2.32. The Labute approximate surface area is 146 Å². The average Bonchev–Trinajstić information content (AvgIpc) is 2.95. The summed E-state index contributed by atoms with van der Waals surface area (Å²) in [6, 6.07) is 5.01. The van der Waals surface area contributed by atoms with Crippen molar-refractivity contribution in [2.75, 3.05) is 13.1 Å². The number of piperidine rings is 1. The first kappa shape index (κ1) is 16.3. The van der Waals surface area contributed by atoms with Crippen LogP contribution in [0.3, 0.4) is 0 Å². The number of carbonyl (C=O) groups excluding carboxylic acids is 1. The molecule has 0 bridgehead atoms. The van der Waals surface area contributed by atoms with E-state index in [1.807, 2.05) is 24.2 Å². The van der Waals surface area contributed by atoms with Gasteiger partial charge in [-0.05, 0) is 43.9 Å². The van der Waals surface area contributed by atoms with Crippen molar-refractivity contribution in [2.45, 2.75) is 26.3 Å². The molecule has 0 radical (unpaired) electrons. The predicted octanol–water partition coefficient (Wildman–Crippen LogP) is 4.05. The third-order valence-electron chi connectivity index (χ3n) is 4.44. The zero-order valence-electron chi connectivity index (χ0n) is 13.0. The highest BCUT2D eigenvalue weighted by Gasteiger charge is 2.25. The Morgan fingerprint density at radius 2 is 2.04 bits per heavy atom. The maximum absolute atomic E-state index is 12.6. The second-order valence-electron chi connectivity index (χ2n) is 5.99. The molecule has 1 saturated heterocycles. The SMILES string of the molecule is Cc1nccn1CC1CCN(C(=O)c2cc(Cl)ccc2Cl)CC1. The fourth-order valence-electron chi connectivity index (χ4n) is 3.03. The minimum Gasteiger partial charge on any atom is -0.339 e. The largest absolute Gasteiger partial charge is 0.339 e. The molecule has 1 aromatic heterocycles. The highest BCUT2D eigenvalue weighted by Crippen LogP contribution is 2.25. The van der Waals surface area contributed by atoms with Crippen molar-refractivity contribution in [3.05, 3.63) is 52.0 Å². The summed E-state index contributed by atoms with van der Waals surface area (Å²) in [5.41, 5.74) is 0.489. The standard InChI is InChI=1S/C17H19Cl2N3O/c1-12-20-6-9-22(12)11-13-4-7-21(8-5-13)17(23)15-10-14(18)2-3-16(15)19/h2-3,6,9-10,13H,4-5,7-8,11H2,1H3. The molecule has 4 nitrogen and oxygen atoms in total. The van der Waals surface area contributed by atoms with Crippen LogP contribution >= 0.6 is 23.2 Å². The quantitative estimate of drug-likeness (QED) is 0.836. The van der Waals surface area contributed by atoms with E-state index in [1.165, 1.54) is 0 Å². The second kappa shape index (κ2) is 6.93. The van der Waals surface area contributed by atoms with Gasteiger partial charge in [0.2, 0.25) is 0 Å². The molecule has 2 heterocycles. The minimum absolute atomic E-state index is 0.0326. The molecule has 0 N–H and O–H groups in total. The Bertz CT molecular complexity index is 706. The number of benzene rings is 1. The van der Waals surface area contributed by atoms with Crippen molar-refractivity contribution in [3.63, 3.8) is 0 Å². The molecule has 1 aliphatic rings. The number of carbonyl (C=O) groups is 1. The van der Waals surface area contributed by atoms with Gasteiger partial charge in [0.1, 0.15) is 5.82 Å². The van der Waals surface area contributed by atoms with Crippen LogP contribution in [0, 0.1) is 12.8 Å². The Morgan fingerprint density at radius 3 is 2.70 bits per heavy atom. The third kappa shape index (κ3) is 3.70. The first-order valence-corrected chi connectivity index (χ1v) is 8.52. The monoisotopic (exact) mass is 351 g/mol. The Hall–Kier alpha value is -1.52. The Morgan fingerprint density at radius 1 is 1.30 bits per heavy atom. The van der Waals surface area contributed by atoms with Gasteiger partial charge in [-0.3, -0.25) is 4.79 Å². The second-order valence-corrected chi connectivity index (χ2v) is 6.83. The zero-order valence-corrected chi connectivity index (χ0v) is 14.5. The lowest BCUT2D eigenvalue weighted by atomic mass is 9.96. The van der Waals surface area contributed by atoms with E-state index in [1.54, 1.807) is 18.2 Å². The minimum atomic E-state index is -0.0326. The van der Waals surface area contributed by atoms with Crippen molar-refractivity contribution in [2.24, 2.45) is 5.92 Å². The van der Waals surface area contributed by atoms with Crippen LogP contribution in [0.25, 0.3) is 0 Å². The van der Waals surface area contributed by atoms with E-state index in [0.717, 1.165) is 38.3 Å². The van der Waals surface area contributed by atoms with Crippen molar-refractivity contribution in [1.29, 1.82) is 0 Å². The number of aryl methyl sites for hydroxylation is 1. The van der Waals surface area contributed by atoms with Gasteiger partial charge < -0.3 is 9.47 Å². The smallest absolute Gasteiger partial charge is 0.255 e. The number of likely N-dealkylation sites (tertiary alicyclic amines) is 1. The molecule has 2 aromatic rings. The highest BCUT2D eigenvalue weighted by atomic mass is 35.5. The van der Waals surface area contributed by atoms with Crippen LogP contribution in [0.5, 0.6) is 0 Å². The van der Waals surface area contributed by atoms with Gasteiger partial charge in [-0.2, -0.15) is 0 Å². The summed E-state index contributed by atoms with van der Waals surface area (Å²) in [5.74, 6) is 1.57. The van der Waals surface area contributed by atoms with Crippen LogP contribution in [0.15, 0.2) is 30.6 Å². The summed E-state index contributed by atoms with van der Waals surface area (Å²) >= 11 is 12.1. The van der Waals surface area contributed by atoms with E-state index in [4.69, 9.17) is 23.2 Å². The maximum atomic E-state index is 12.6. The van der Waals surface area contributed by atoms with Gasteiger partial charge >= 0.3 is 0 Å². The summed E-state index contributed by atoms with van der Waals surface area (Å²) in [6.07, 6.45) is 5.82. The van der Waals surface area contributed by atoms with Gasteiger partial charge in [0.05, 0.1) is 10.6 Å². The molecule has 1 fully saturated rings. The van der Waals surface area contributed by atoms with Gasteiger partial charge in [-0.15, -0.1) is 0 Å². The summed E-state index contributed by atoms with van der Waals surface area (Å²) < 4.78 is 2.18. The first-order chi connectivity index (χ1) is 11.0. The molecule has 0 spiro atoms. The number of amides is 1. The van der Waals surface area contributed by atoms with Crippen LogP contribution in [-0.2, 0) is 6.54 Å². The molecular weight excluding hydrogens is 333 g/mol. The molecule has 122 valence electrons. The molecule has 0 aliphatic carbocycles. The van der Waals surface area contributed by atoms with E-state index < -0.39 is 0 Å². The predicted molar refractivity (Wildman–Crippen MR) is 92.1 cm³/mol. The lowest BCUT2D eigenvalue weighted by molar-refractivity contribution is 0.0682. The number of halogens is 2. The zero-order chi connectivity index (χ0) is 16.4. The molecule has 3 rings (SSSR count). The lowest BCUT2D eigenvalue weighted by Crippen LogP contribution is -2.39. The molecule has 0 unspecified atom stereocenters. The molecule has 1 aliphatic heterocycles. The van der Waals surface area contributed by atoms with E-state index in [2.05, 4.69) is 9.55 Å². The van der Waals surface area contributed by atoms with Crippen LogP contribution in [0.1, 0.15) is 29.0 Å². The van der Waals surface area contributed by atoms with Crippen molar-refractivity contribution < 1.29 is 4.79 Å². The third-order valence-corrected chi connectivity index (χ3v) is 5.00. The van der Waals surface area contributed by atoms with E-state index in [-0.39, 0.29) is 5.91 Å². The molecule has 1 aromatic carbocycles. The molecule has 6 heteroatoms. The maximum Gasteiger partial charge on any atom is 0.255 e. The Balaban J connectivity index is 1.61. The fourth-order valence-corrected chi connectivity index (χ4v) is 3.40. The van der Waals surface area contributed by atoms with Crippen LogP contribution < -0.4 is 0 Å². The van der Waals surface area contributed by atoms with Gasteiger partial charge in [0, 0.05) is 37.1 Å². The number of hydrogen-bond acceptors (Lipinski definition) is 2. The number of hydrogen-bond donors (Lipinski definition) is 0. The van der Waals surface area contributed by atoms with Gasteiger partial charge in [-0.1, -0.05) is 23.2 Å². The molecule has 0 atom stereocenters. The van der Waals surface area contributed by atoms with Crippen LogP contribution in [-0.4, -0.2) is 33.4 Å². The number of nitrogens with zero attached hydrogens (tertiary/aromatic N) is 3. The number of imidazole rings is 1. The number of aromatic nitrogens is 2. The van der Waals surface area contributed by atoms with Crippen LogP contribution in [0.4, 0.5) is 0 Å². The van der Waals surface area contributed by atoms with Gasteiger partial charge in [0.25, 0.3) is 5.91 Å². The summed E-state index contributed by atoms with van der Waals surface area (Å²) in [6.45, 7) is 4.48. The average molecular weight is 352 g/mol. The normalized spacial score (nSPS) is 15.9. The molecule has 0 saturated carbocycles. The Kier molecular flexibility index (Phi) is 4.93. The fraction of sp³-hybridized carbons (Fsp3) is 0.412. The molecule has 1 amide bonds. The molecule has 23 heavy (non-hydrogen) atoms. The van der Waals surface area contributed by atoms with Crippen molar-refractivity contribution in [1.82, 2.24) is 14.5 Å². The van der Waals surface area contributed by atoms with Gasteiger partial charge in [0.15, 0.2) is 0 Å². The first-order valence-electron chi connectivity index (χ1n) is 7.76.